The van der Waals surface area contributed by atoms with E-state index < -0.39 is 0 Å². The van der Waals surface area contributed by atoms with Gasteiger partial charge < -0.3 is 14.8 Å². The highest BCUT2D eigenvalue weighted by Gasteiger charge is 2.16. The van der Waals surface area contributed by atoms with E-state index in [9.17, 15) is 4.39 Å². The van der Waals surface area contributed by atoms with Crippen molar-refractivity contribution in [2.24, 2.45) is 0 Å². The van der Waals surface area contributed by atoms with Crippen LogP contribution in [0.5, 0.6) is 11.5 Å². The molecule has 6 heteroatoms. The first-order valence-corrected chi connectivity index (χ1v) is 9.28. The Morgan fingerprint density at radius 1 is 1.28 bits per heavy atom. The first-order valence-electron chi connectivity index (χ1n) is 8.11. The first kappa shape index (κ1) is 20.0. The molecule has 1 unspecified atom stereocenters. The summed E-state index contributed by atoms with van der Waals surface area (Å²) in [5.74, 6) is 0.919. The van der Waals surface area contributed by atoms with Crippen molar-refractivity contribution in [1.29, 1.82) is 0 Å². The summed E-state index contributed by atoms with van der Waals surface area (Å²) in [5, 5.41) is 3.80. The fraction of sp³-hybridized carbons (Fsp3) is 0.368. The van der Waals surface area contributed by atoms with Crippen molar-refractivity contribution < 1.29 is 13.9 Å². The number of ether oxygens (including phenoxy) is 2. The topological polar surface area (TPSA) is 30.5 Å². The van der Waals surface area contributed by atoms with Gasteiger partial charge in [0.05, 0.1) is 12.1 Å². The standard InChI is InChI=1S/C19H22BrClFNO2/c1-4-12(2)23-10-15-16(20)7-8-18(24-3)19(15)25-11-13-5-6-14(22)9-17(13)21/h5-9,12,23H,4,10-11H2,1-3H3. The molecule has 0 aliphatic heterocycles. The van der Waals surface area contributed by atoms with Gasteiger partial charge in [-0.1, -0.05) is 40.5 Å². The van der Waals surface area contributed by atoms with Crippen LogP contribution in [-0.4, -0.2) is 13.2 Å². The fourth-order valence-electron chi connectivity index (χ4n) is 2.28. The molecule has 0 amide bonds. The summed E-state index contributed by atoms with van der Waals surface area (Å²) in [6.45, 7) is 5.13. The summed E-state index contributed by atoms with van der Waals surface area (Å²) in [4.78, 5) is 0. The largest absolute Gasteiger partial charge is 0.493 e. The Morgan fingerprint density at radius 2 is 2.04 bits per heavy atom. The van der Waals surface area contributed by atoms with Crippen molar-refractivity contribution in [3.05, 3.63) is 56.8 Å². The minimum atomic E-state index is -0.368. The Balaban J connectivity index is 2.26. The summed E-state index contributed by atoms with van der Waals surface area (Å²) in [5.41, 5.74) is 1.68. The molecule has 0 heterocycles. The lowest BCUT2D eigenvalue weighted by atomic mass is 10.1. The summed E-state index contributed by atoms with van der Waals surface area (Å²) in [6.07, 6.45) is 1.03. The monoisotopic (exact) mass is 429 g/mol. The van der Waals surface area contributed by atoms with E-state index in [0.29, 0.717) is 34.7 Å². The van der Waals surface area contributed by atoms with Gasteiger partial charge in [0.15, 0.2) is 11.5 Å². The minimum Gasteiger partial charge on any atom is -0.493 e. The van der Waals surface area contributed by atoms with Gasteiger partial charge in [-0.25, -0.2) is 4.39 Å². The Hall–Kier alpha value is -1.30. The molecule has 0 saturated heterocycles. The van der Waals surface area contributed by atoms with E-state index >= 15 is 0 Å². The second kappa shape index (κ2) is 9.41. The van der Waals surface area contributed by atoms with Crippen molar-refractivity contribution in [2.45, 2.75) is 39.5 Å². The Morgan fingerprint density at radius 3 is 2.68 bits per heavy atom. The maximum Gasteiger partial charge on any atom is 0.167 e. The molecule has 0 aliphatic rings. The van der Waals surface area contributed by atoms with Crippen molar-refractivity contribution in [2.75, 3.05) is 7.11 Å². The van der Waals surface area contributed by atoms with E-state index in [1.807, 2.05) is 12.1 Å². The molecule has 2 aromatic rings. The first-order chi connectivity index (χ1) is 12.0. The average Bonchev–Trinajstić information content (AvgIpc) is 2.60. The molecular formula is C19H22BrClFNO2. The van der Waals surface area contributed by atoms with Gasteiger partial charge in [0.25, 0.3) is 0 Å². The van der Waals surface area contributed by atoms with E-state index in [2.05, 4.69) is 35.1 Å². The fourth-order valence-corrected chi connectivity index (χ4v) is 2.95. The van der Waals surface area contributed by atoms with Gasteiger partial charge >= 0.3 is 0 Å². The quantitative estimate of drug-likeness (QED) is 0.581. The predicted molar refractivity (Wildman–Crippen MR) is 103 cm³/mol. The van der Waals surface area contributed by atoms with E-state index in [1.54, 1.807) is 13.2 Å². The Labute approximate surface area is 161 Å². The highest BCUT2D eigenvalue weighted by molar-refractivity contribution is 9.10. The zero-order valence-electron chi connectivity index (χ0n) is 14.5. The number of halogens is 3. The van der Waals surface area contributed by atoms with Crippen LogP contribution in [0.4, 0.5) is 4.39 Å². The lowest BCUT2D eigenvalue weighted by molar-refractivity contribution is 0.280. The summed E-state index contributed by atoms with van der Waals surface area (Å²) in [6, 6.07) is 8.44. The van der Waals surface area contributed by atoms with Gasteiger partial charge in [-0.2, -0.15) is 0 Å². The van der Waals surface area contributed by atoms with Crippen LogP contribution in [0.3, 0.4) is 0 Å². The van der Waals surface area contributed by atoms with Gasteiger partial charge in [0.2, 0.25) is 0 Å². The molecule has 25 heavy (non-hydrogen) atoms. The second-order valence-corrected chi connectivity index (χ2v) is 7.03. The molecule has 136 valence electrons. The molecule has 0 fully saturated rings. The van der Waals surface area contributed by atoms with Gasteiger partial charge in [-0.05, 0) is 37.6 Å². The molecular weight excluding hydrogens is 409 g/mol. The highest BCUT2D eigenvalue weighted by atomic mass is 79.9. The SMILES string of the molecule is CCC(C)NCc1c(Br)ccc(OC)c1OCc1ccc(F)cc1Cl. The van der Waals surface area contributed by atoms with Gasteiger partial charge in [-0.3, -0.25) is 0 Å². The van der Waals surface area contributed by atoms with Crippen LogP contribution in [0.1, 0.15) is 31.4 Å². The number of rotatable bonds is 8. The van der Waals surface area contributed by atoms with E-state index in [4.69, 9.17) is 21.1 Å². The molecule has 0 radical (unpaired) electrons. The second-order valence-electron chi connectivity index (χ2n) is 5.77. The van der Waals surface area contributed by atoms with Crippen LogP contribution in [0.2, 0.25) is 5.02 Å². The molecule has 1 atom stereocenters. The van der Waals surface area contributed by atoms with Crippen molar-refractivity contribution in [1.82, 2.24) is 5.32 Å². The van der Waals surface area contributed by atoms with Gasteiger partial charge in [0, 0.05) is 28.2 Å². The number of hydrogen-bond acceptors (Lipinski definition) is 3. The molecule has 0 bridgehead atoms. The van der Waals surface area contributed by atoms with Crippen molar-refractivity contribution in [3.8, 4) is 11.5 Å². The maximum absolute atomic E-state index is 13.2. The third kappa shape index (κ3) is 5.33. The lowest BCUT2D eigenvalue weighted by Crippen LogP contribution is -2.25. The Kier molecular flexibility index (Phi) is 7.54. The molecule has 3 nitrogen and oxygen atoms in total. The smallest absolute Gasteiger partial charge is 0.167 e. The molecule has 0 aliphatic carbocycles. The normalized spacial score (nSPS) is 12.1. The number of methoxy groups -OCH3 is 1. The van der Waals surface area contributed by atoms with Crippen LogP contribution in [0.25, 0.3) is 0 Å². The van der Waals surface area contributed by atoms with Crippen LogP contribution in [0, 0.1) is 5.82 Å². The predicted octanol–water partition coefficient (Wildman–Crippen LogP) is 5.72. The van der Waals surface area contributed by atoms with Crippen LogP contribution >= 0.6 is 27.5 Å². The van der Waals surface area contributed by atoms with Gasteiger partial charge in [0.1, 0.15) is 12.4 Å². The Bertz CT molecular complexity index is 727. The van der Waals surface area contributed by atoms with E-state index in [1.165, 1.54) is 12.1 Å². The highest BCUT2D eigenvalue weighted by Crippen LogP contribution is 2.37. The maximum atomic E-state index is 13.2. The molecule has 1 N–H and O–H groups in total. The van der Waals surface area contributed by atoms with Crippen molar-refractivity contribution in [3.63, 3.8) is 0 Å². The number of benzene rings is 2. The third-order valence-corrected chi connectivity index (χ3v) is 5.11. The third-order valence-electron chi connectivity index (χ3n) is 4.01. The van der Waals surface area contributed by atoms with Crippen LogP contribution in [-0.2, 0) is 13.2 Å². The van der Waals surface area contributed by atoms with E-state index in [0.717, 1.165) is 16.5 Å². The minimum absolute atomic E-state index is 0.224. The molecule has 0 saturated carbocycles. The molecule has 2 aromatic carbocycles. The summed E-state index contributed by atoms with van der Waals surface area (Å²) < 4.78 is 25.6. The lowest BCUT2D eigenvalue weighted by Gasteiger charge is -2.19. The molecule has 2 rings (SSSR count). The zero-order chi connectivity index (χ0) is 18.4. The van der Waals surface area contributed by atoms with Crippen LogP contribution < -0.4 is 14.8 Å². The number of nitrogens with one attached hydrogen (secondary N) is 1. The van der Waals surface area contributed by atoms with Crippen molar-refractivity contribution >= 4 is 27.5 Å². The average molecular weight is 431 g/mol. The summed E-state index contributed by atoms with van der Waals surface area (Å²) >= 11 is 9.67. The molecule has 0 spiro atoms. The van der Waals surface area contributed by atoms with Crippen LogP contribution in [0.15, 0.2) is 34.8 Å². The van der Waals surface area contributed by atoms with Gasteiger partial charge in [-0.15, -0.1) is 0 Å². The zero-order valence-corrected chi connectivity index (χ0v) is 16.9. The van der Waals surface area contributed by atoms with E-state index in [-0.39, 0.29) is 12.4 Å². The number of hydrogen-bond donors (Lipinski definition) is 1. The molecule has 0 aromatic heterocycles. The summed E-state index contributed by atoms with van der Waals surface area (Å²) in [7, 11) is 1.60.